The molecule has 0 aliphatic heterocycles. The van der Waals surface area contributed by atoms with E-state index in [1.54, 1.807) is 6.07 Å². The van der Waals surface area contributed by atoms with Crippen LogP contribution >= 0.6 is 22.9 Å². The second kappa shape index (κ2) is 6.14. The first-order chi connectivity index (χ1) is 9.06. The van der Waals surface area contributed by atoms with Crippen LogP contribution in [0.5, 0.6) is 0 Å². The summed E-state index contributed by atoms with van der Waals surface area (Å²) in [5.41, 5.74) is 1.10. The molecule has 4 nitrogen and oxygen atoms in total. The molecular weight excluding hydrogens is 284 g/mol. The summed E-state index contributed by atoms with van der Waals surface area (Å²) in [5.74, 6) is 0. The number of rotatable bonds is 5. The third kappa shape index (κ3) is 3.76. The Kier molecular flexibility index (Phi) is 4.52. The van der Waals surface area contributed by atoms with Gasteiger partial charge in [-0.05, 0) is 30.7 Å². The zero-order chi connectivity index (χ0) is 13.8. The summed E-state index contributed by atoms with van der Waals surface area (Å²) < 4.78 is 0. The predicted octanol–water partition coefficient (Wildman–Crippen LogP) is 4.16. The normalized spacial score (nSPS) is 12.3. The van der Waals surface area contributed by atoms with Gasteiger partial charge in [0.1, 0.15) is 0 Å². The molecule has 1 atom stereocenters. The van der Waals surface area contributed by atoms with Crippen LogP contribution in [0.1, 0.15) is 23.4 Å². The summed E-state index contributed by atoms with van der Waals surface area (Å²) in [6.07, 6.45) is 0. The first-order valence-electron chi connectivity index (χ1n) is 5.78. The van der Waals surface area contributed by atoms with E-state index in [1.165, 1.54) is 17.4 Å². The largest absolute Gasteiger partial charge is 0.324 e. The lowest BCUT2D eigenvalue weighted by atomic mass is 10.1. The van der Waals surface area contributed by atoms with Crippen molar-refractivity contribution >= 4 is 27.9 Å². The lowest BCUT2D eigenvalue weighted by Crippen LogP contribution is -2.17. The molecule has 19 heavy (non-hydrogen) atoms. The Balaban J connectivity index is 1.96. The molecule has 0 aliphatic carbocycles. The molecule has 1 heterocycles. The number of nitro groups is 1. The van der Waals surface area contributed by atoms with Crippen molar-refractivity contribution in [3.63, 3.8) is 0 Å². The first kappa shape index (κ1) is 14.0. The monoisotopic (exact) mass is 296 g/mol. The van der Waals surface area contributed by atoms with E-state index in [-0.39, 0.29) is 16.0 Å². The number of thiophene rings is 1. The van der Waals surface area contributed by atoms with Gasteiger partial charge < -0.3 is 5.32 Å². The number of nitrogens with zero attached hydrogens (tertiary/aromatic N) is 1. The zero-order valence-electron chi connectivity index (χ0n) is 10.3. The molecular formula is C13H13ClN2O2S. The van der Waals surface area contributed by atoms with Gasteiger partial charge in [-0.2, -0.15) is 0 Å². The van der Waals surface area contributed by atoms with Crippen molar-refractivity contribution < 1.29 is 4.92 Å². The van der Waals surface area contributed by atoms with Crippen molar-refractivity contribution in [3.8, 4) is 0 Å². The van der Waals surface area contributed by atoms with E-state index in [9.17, 15) is 10.1 Å². The Hall–Kier alpha value is -1.43. The van der Waals surface area contributed by atoms with Gasteiger partial charge in [0.15, 0.2) is 0 Å². The topological polar surface area (TPSA) is 55.2 Å². The van der Waals surface area contributed by atoms with Crippen LogP contribution in [0.25, 0.3) is 0 Å². The number of hydrogen-bond acceptors (Lipinski definition) is 4. The van der Waals surface area contributed by atoms with Crippen LogP contribution in [0.3, 0.4) is 0 Å². The SMILES string of the molecule is C[C@H](NCc1ccc([N+](=O)[O-])s1)c1cccc(Cl)c1. The van der Waals surface area contributed by atoms with Crippen LogP contribution in [0.2, 0.25) is 5.02 Å². The maximum atomic E-state index is 10.6. The molecule has 1 aromatic carbocycles. The lowest BCUT2D eigenvalue weighted by Gasteiger charge is -2.13. The molecule has 6 heteroatoms. The van der Waals surface area contributed by atoms with Gasteiger partial charge in [0.05, 0.1) is 4.92 Å². The van der Waals surface area contributed by atoms with Crippen molar-refractivity contribution in [1.29, 1.82) is 0 Å². The number of halogens is 1. The van der Waals surface area contributed by atoms with Gasteiger partial charge in [-0.15, -0.1) is 0 Å². The van der Waals surface area contributed by atoms with Gasteiger partial charge in [0, 0.05) is 28.6 Å². The summed E-state index contributed by atoms with van der Waals surface area (Å²) in [7, 11) is 0. The van der Waals surface area contributed by atoms with Gasteiger partial charge in [-0.25, -0.2) is 0 Å². The molecule has 0 amide bonds. The summed E-state index contributed by atoms with van der Waals surface area (Å²) in [6, 6.07) is 11.1. The van der Waals surface area contributed by atoms with Gasteiger partial charge in [-0.1, -0.05) is 35.1 Å². The number of benzene rings is 1. The lowest BCUT2D eigenvalue weighted by molar-refractivity contribution is -0.380. The third-order valence-corrected chi connectivity index (χ3v) is 4.03. The molecule has 0 saturated heterocycles. The van der Waals surface area contributed by atoms with E-state index in [0.29, 0.717) is 11.6 Å². The van der Waals surface area contributed by atoms with Crippen LogP contribution < -0.4 is 5.32 Å². The van der Waals surface area contributed by atoms with Crippen LogP contribution in [0, 0.1) is 10.1 Å². The van der Waals surface area contributed by atoms with Crippen LogP contribution in [0.15, 0.2) is 36.4 Å². The van der Waals surface area contributed by atoms with Gasteiger partial charge in [0.2, 0.25) is 0 Å². The Bertz CT molecular complexity index is 586. The molecule has 0 aliphatic rings. The highest BCUT2D eigenvalue weighted by molar-refractivity contribution is 7.15. The summed E-state index contributed by atoms with van der Waals surface area (Å²) in [4.78, 5) is 11.2. The van der Waals surface area contributed by atoms with Crippen LogP contribution in [-0.4, -0.2) is 4.92 Å². The average Bonchev–Trinajstić information content (AvgIpc) is 2.85. The minimum absolute atomic E-state index is 0.139. The minimum atomic E-state index is -0.367. The van der Waals surface area contributed by atoms with Crippen LogP contribution in [-0.2, 0) is 6.54 Å². The molecule has 0 fully saturated rings. The summed E-state index contributed by atoms with van der Waals surface area (Å²) in [5, 5.41) is 14.8. The fourth-order valence-electron chi connectivity index (χ4n) is 1.71. The Morgan fingerprint density at radius 2 is 2.21 bits per heavy atom. The minimum Gasteiger partial charge on any atom is -0.305 e. The molecule has 0 radical (unpaired) electrons. The maximum Gasteiger partial charge on any atom is 0.324 e. The molecule has 0 saturated carbocycles. The highest BCUT2D eigenvalue weighted by Crippen LogP contribution is 2.24. The van der Waals surface area contributed by atoms with E-state index in [1.807, 2.05) is 31.2 Å². The van der Waals surface area contributed by atoms with Crippen molar-refractivity contribution in [2.45, 2.75) is 19.5 Å². The smallest absolute Gasteiger partial charge is 0.305 e. The summed E-state index contributed by atoms with van der Waals surface area (Å²) >= 11 is 7.14. The Morgan fingerprint density at radius 1 is 1.42 bits per heavy atom. The summed E-state index contributed by atoms with van der Waals surface area (Å²) in [6.45, 7) is 2.64. The molecule has 100 valence electrons. The van der Waals surface area contributed by atoms with Crippen molar-refractivity contribution in [2.75, 3.05) is 0 Å². The highest BCUT2D eigenvalue weighted by Gasteiger charge is 2.11. The van der Waals surface area contributed by atoms with Crippen molar-refractivity contribution in [3.05, 3.63) is 62.0 Å². The number of nitrogens with one attached hydrogen (secondary N) is 1. The third-order valence-electron chi connectivity index (χ3n) is 2.76. The van der Waals surface area contributed by atoms with Gasteiger partial charge in [0.25, 0.3) is 0 Å². The Morgan fingerprint density at radius 3 is 2.84 bits per heavy atom. The number of hydrogen-bond donors (Lipinski definition) is 1. The highest BCUT2D eigenvalue weighted by atomic mass is 35.5. The van der Waals surface area contributed by atoms with Crippen molar-refractivity contribution in [2.24, 2.45) is 0 Å². The van der Waals surface area contributed by atoms with E-state index in [0.717, 1.165) is 10.4 Å². The van der Waals surface area contributed by atoms with E-state index in [2.05, 4.69) is 5.32 Å². The standard InChI is InChI=1S/C13H13ClN2O2S/c1-9(10-3-2-4-11(14)7-10)15-8-12-5-6-13(19-12)16(17)18/h2-7,9,15H,8H2,1H3/t9-/m0/s1. The van der Waals surface area contributed by atoms with Crippen LogP contribution in [0.4, 0.5) is 5.00 Å². The second-order valence-corrected chi connectivity index (χ2v) is 5.74. The quantitative estimate of drug-likeness (QED) is 0.666. The Labute approximate surface area is 120 Å². The fraction of sp³-hybridized carbons (Fsp3) is 0.231. The second-order valence-electron chi connectivity index (χ2n) is 4.15. The molecule has 0 spiro atoms. The molecule has 1 N–H and O–H groups in total. The molecule has 1 aromatic heterocycles. The first-order valence-corrected chi connectivity index (χ1v) is 6.97. The van der Waals surface area contributed by atoms with E-state index < -0.39 is 0 Å². The molecule has 0 unspecified atom stereocenters. The van der Waals surface area contributed by atoms with E-state index in [4.69, 9.17) is 11.6 Å². The van der Waals surface area contributed by atoms with Gasteiger partial charge in [-0.3, -0.25) is 10.1 Å². The average molecular weight is 297 g/mol. The van der Waals surface area contributed by atoms with Crippen molar-refractivity contribution in [1.82, 2.24) is 5.32 Å². The molecule has 2 aromatic rings. The fourth-order valence-corrected chi connectivity index (χ4v) is 2.68. The zero-order valence-corrected chi connectivity index (χ0v) is 11.9. The van der Waals surface area contributed by atoms with Gasteiger partial charge >= 0.3 is 5.00 Å². The maximum absolute atomic E-state index is 10.6. The molecule has 0 bridgehead atoms. The predicted molar refractivity (Wildman–Crippen MR) is 77.7 cm³/mol. The van der Waals surface area contributed by atoms with E-state index >= 15 is 0 Å². The molecule has 2 rings (SSSR count).